The van der Waals surface area contributed by atoms with Gasteiger partial charge in [0.05, 0.1) is 0 Å². The number of carbonyl (C=O) groups excluding carboxylic acids is 1. The Morgan fingerprint density at radius 3 is 2.78 bits per heavy atom. The van der Waals surface area contributed by atoms with Gasteiger partial charge in [0.1, 0.15) is 6.10 Å². The van der Waals surface area contributed by atoms with Gasteiger partial charge in [0.15, 0.2) is 0 Å². The Hall–Kier alpha value is -0.530. The maximum atomic E-state index is 9.76. The minimum Gasteiger partial charge on any atom is -0.454 e. The lowest BCUT2D eigenvalue weighted by Crippen LogP contribution is -2.12. The first-order valence-corrected chi connectivity index (χ1v) is 3.41. The number of rotatable bonds is 4. The summed E-state index contributed by atoms with van der Waals surface area (Å²) in [6, 6.07) is 0. The van der Waals surface area contributed by atoms with Crippen LogP contribution in [0.1, 0.15) is 26.2 Å². The number of hydrogen-bond acceptors (Lipinski definition) is 2. The third-order valence-corrected chi connectivity index (χ3v) is 1.75. The molecule has 0 saturated heterocycles. The summed E-state index contributed by atoms with van der Waals surface area (Å²) in [7, 11) is 0. The molecule has 0 bridgehead atoms. The molecule has 0 heterocycles. The second kappa shape index (κ2) is 2.85. The first-order valence-electron chi connectivity index (χ1n) is 3.41. The summed E-state index contributed by atoms with van der Waals surface area (Å²) in [5, 5.41) is 0. The molecule has 9 heavy (non-hydrogen) atoms. The Labute approximate surface area is 55.2 Å². The van der Waals surface area contributed by atoms with Gasteiger partial charge < -0.3 is 4.74 Å². The second-order valence-corrected chi connectivity index (χ2v) is 2.49. The molecule has 1 aliphatic rings. The molecule has 1 fully saturated rings. The third-order valence-electron chi connectivity index (χ3n) is 1.75. The molecule has 0 aromatic rings. The fraction of sp³-hybridized carbons (Fsp3) is 0.857. The van der Waals surface area contributed by atoms with Gasteiger partial charge in [-0.15, -0.1) is 0 Å². The molecular weight excluding hydrogens is 116 g/mol. The standard InChI is InChI=1S/C7H11O2/c1-2-7(9-5-8)6-3-4-6/h6-7H,2-4H2,1H3. The lowest BCUT2D eigenvalue weighted by molar-refractivity contribution is 0.151. The smallest absolute Gasteiger partial charge is 0.417 e. The topological polar surface area (TPSA) is 26.3 Å². The van der Waals surface area contributed by atoms with Crippen LogP contribution in [0.3, 0.4) is 0 Å². The van der Waals surface area contributed by atoms with E-state index in [4.69, 9.17) is 4.74 Å². The predicted molar refractivity (Wildman–Crippen MR) is 33.6 cm³/mol. The van der Waals surface area contributed by atoms with Gasteiger partial charge in [-0.05, 0) is 25.2 Å². The summed E-state index contributed by atoms with van der Waals surface area (Å²) in [4.78, 5) is 9.76. The number of hydrogen-bond donors (Lipinski definition) is 0. The van der Waals surface area contributed by atoms with Crippen molar-refractivity contribution in [2.45, 2.75) is 32.3 Å². The van der Waals surface area contributed by atoms with Gasteiger partial charge in [-0.3, -0.25) is 0 Å². The molecule has 0 aromatic carbocycles. The van der Waals surface area contributed by atoms with E-state index in [0.29, 0.717) is 5.92 Å². The van der Waals surface area contributed by atoms with Gasteiger partial charge >= 0.3 is 6.47 Å². The van der Waals surface area contributed by atoms with Crippen LogP contribution in [0.5, 0.6) is 0 Å². The molecule has 0 N–H and O–H groups in total. The van der Waals surface area contributed by atoms with Gasteiger partial charge in [-0.25, -0.2) is 4.79 Å². The van der Waals surface area contributed by atoms with Gasteiger partial charge in [-0.2, -0.15) is 0 Å². The fourth-order valence-electron chi connectivity index (χ4n) is 1.04. The van der Waals surface area contributed by atoms with E-state index in [0.717, 1.165) is 6.42 Å². The van der Waals surface area contributed by atoms with E-state index in [1.807, 2.05) is 6.92 Å². The highest BCUT2D eigenvalue weighted by atomic mass is 16.5. The molecule has 51 valence electrons. The van der Waals surface area contributed by atoms with Crippen LogP contribution in [0.25, 0.3) is 0 Å². The van der Waals surface area contributed by atoms with E-state index < -0.39 is 0 Å². The molecule has 0 amide bonds. The van der Waals surface area contributed by atoms with Crippen LogP contribution in [-0.4, -0.2) is 12.6 Å². The summed E-state index contributed by atoms with van der Waals surface area (Å²) in [6.45, 7) is 3.52. The zero-order valence-electron chi connectivity index (χ0n) is 5.59. The highest BCUT2D eigenvalue weighted by Crippen LogP contribution is 2.35. The molecule has 1 unspecified atom stereocenters. The van der Waals surface area contributed by atoms with Crippen LogP contribution in [0.15, 0.2) is 0 Å². The lowest BCUT2D eigenvalue weighted by Gasteiger charge is -2.08. The van der Waals surface area contributed by atoms with E-state index in [-0.39, 0.29) is 6.10 Å². The highest BCUT2D eigenvalue weighted by molar-refractivity contribution is 5.38. The van der Waals surface area contributed by atoms with E-state index in [9.17, 15) is 4.79 Å². The average molecular weight is 127 g/mol. The zero-order chi connectivity index (χ0) is 6.69. The molecule has 0 spiro atoms. The number of ether oxygens (including phenoxy) is 1. The van der Waals surface area contributed by atoms with Crippen LogP contribution in [-0.2, 0) is 9.53 Å². The molecule has 1 rings (SSSR count). The second-order valence-electron chi connectivity index (χ2n) is 2.49. The highest BCUT2D eigenvalue weighted by Gasteiger charge is 2.31. The van der Waals surface area contributed by atoms with Gasteiger partial charge in [0.25, 0.3) is 0 Å². The molecule has 0 aliphatic heterocycles. The van der Waals surface area contributed by atoms with Gasteiger partial charge in [-0.1, -0.05) is 6.92 Å². The molecule has 0 aromatic heterocycles. The van der Waals surface area contributed by atoms with Crippen molar-refractivity contribution in [1.82, 2.24) is 0 Å². The summed E-state index contributed by atoms with van der Waals surface area (Å²) in [5.41, 5.74) is 0. The normalized spacial score (nSPS) is 21.0. The van der Waals surface area contributed by atoms with Crippen molar-refractivity contribution in [3.05, 3.63) is 0 Å². The van der Waals surface area contributed by atoms with Crippen LogP contribution >= 0.6 is 0 Å². The van der Waals surface area contributed by atoms with Crippen LogP contribution in [0, 0.1) is 5.92 Å². The Morgan fingerprint density at radius 2 is 2.44 bits per heavy atom. The minimum atomic E-state index is 0.155. The Kier molecular flexibility index (Phi) is 2.09. The van der Waals surface area contributed by atoms with Gasteiger partial charge in [0, 0.05) is 0 Å². The van der Waals surface area contributed by atoms with Gasteiger partial charge in [0.2, 0.25) is 0 Å². The summed E-state index contributed by atoms with van der Waals surface area (Å²) < 4.78 is 4.71. The Bertz CT molecular complexity index is 97.1. The first kappa shape index (κ1) is 6.59. The van der Waals surface area contributed by atoms with Crippen molar-refractivity contribution < 1.29 is 9.53 Å². The van der Waals surface area contributed by atoms with Crippen molar-refractivity contribution in [1.29, 1.82) is 0 Å². The summed E-state index contributed by atoms with van der Waals surface area (Å²) in [6.07, 6.45) is 3.53. The van der Waals surface area contributed by atoms with Crippen LogP contribution in [0.4, 0.5) is 0 Å². The molecule has 1 radical (unpaired) electrons. The first-order chi connectivity index (χ1) is 4.38. The summed E-state index contributed by atoms with van der Waals surface area (Å²) in [5.74, 6) is 0.649. The monoisotopic (exact) mass is 127 g/mol. The molecule has 2 heteroatoms. The molecular formula is C7H11O2. The average Bonchev–Trinajstić information content (AvgIpc) is 2.64. The lowest BCUT2D eigenvalue weighted by atomic mass is 10.2. The zero-order valence-corrected chi connectivity index (χ0v) is 5.59. The SMILES string of the molecule is CCC(O[C]=O)C1CC1. The minimum absolute atomic E-state index is 0.155. The van der Waals surface area contributed by atoms with Crippen molar-refractivity contribution >= 4 is 6.47 Å². The van der Waals surface area contributed by atoms with Crippen molar-refractivity contribution in [3.63, 3.8) is 0 Å². The van der Waals surface area contributed by atoms with Crippen molar-refractivity contribution in [2.75, 3.05) is 0 Å². The quantitative estimate of drug-likeness (QED) is 0.568. The largest absolute Gasteiger partial charge is 0.454 e. The van der Waals surface area contributed by atoms with E-state index in [2.05, 4.69) is 0 Å². The van der Waals surface area contributed by atoms with E-state index in [1.54, 1.807) is 0 Å². The summed E-state index contributed by atoms with van der Waals surface area (Å²) >= 11 is 0. The molecule has 1 saturated carbocycles. The van der Waals surface area contributed by atoms with Crippen LogP contribution < -0.4 is 0 Å². The maximum Gasteiger partial charge on any atom is 0.417 e. The molecule has 1 aliphatic carbocycles. The predicted octanol–water partition coefficient (Wildman–Crippen LogP) is 1.26. The van der Waals surface area contributed by atoms with Crippen molar-refractivity contribution in [2.24, 2.45) is 5.92 Å². The Balaban J connectivity index is 2.20. The van der Waals surface area contributed by atoms with E-state index in [1.165, 1.54) is 19.3 Å². The maximum absolute atomic E-state index is 9.76. The fourth-order valence-corrected chi connectivity index (χ4v) is 1.04. The van der Waals surface area contributed by atoms with E-state index >= 15 is 0 Å². The molecule has 1 atom stereocenters. The van der Waals surface area contributed by atoms with Crippen LogP contribution in [0.2, 0.25) is 0 Å². The Morgan fingerprint density at radius 1 is 1.78 bits per heavy atom. The van der Waals surface area contributed by atoms with Crippen molar-refractivity contribution in [3.8, 4) is 0 Å². The third kappa shape index (κ3) is 1.70. The molecule has 2 nitrogen and oxygen atoms in total.